The number of hydrogen-bond donors (Lipinski definition) is 2. The molecule has 1 amide bonds. The topological polar surface area (TPSA) is 84.9 Å². The molecule has 0 unspecified atom stereocenters. The number of carboxylic acids is 1. The van der Waals surface area contributed by atoms with Gasteiger partial charge >= 0.3 is 5.97 Å². The van der Waals surface area contributed by atoms with Gasteiger partial charge in [-0.05, 0) is 31.0 Å². The lowest BCUT2D eigenvalue weighted by atomic mass is 10.1. The Balaban J connectivity index is 2.08. The molecule has 6 nitrogen and oxygen atoms in total. The van der Waals surface area contributed by atoms with Crippen LogP contribution in [0.25, 0.3) is 0 Å². The summed E-state index contributed by atoms with van der Waals surface area (Å²) in [6, 6.07) is 4.25. The van der Waals surface area contributed by atoms with E-state index in [1.807, 2.05) is 0 Å². The van der Waals surface area contributed by atoms with Gasteiger partial charge in [-0.3, -0.25) is 4.79 Å². The third-order valence-electron chi connectivity index (χ3n) is 3.68. The van der Waals surface area contributed by atoms with Crippen LogP contribution in [0.2, 0.25) is 0 Å². The monoisotopic (exact) mass is 293 g/mol. The van der Waals surface area contributed by atoms with Crippen molar-refractivity contribution in [1.29, 1.82) is 0 Å². The number of amides is 1. The Morgan fingerprint density at radius 1 is 1.24 bits per heavy atom. The molecule has 6 heteroatoms. The summed E-state index contributed by atoms with van der Waals surface area (Å²) in [6.45, 7) is 1.14. The van der Waals surface area contributed by atoms with E-state index in [-0.39, 0.29) is 22.4 Å². The van der Waals surface area contributed by atoms with Crippen molar-refractivity contribution in [3.8, 4) is 5.75 Å². The quantitative estimate of drug-likeness (QED) is 0.796. The summed E-state index contributed by atoms with van der Waals surface area (Å²) in [4.78, 5) is 23.2. The maximum absolute atomic E-state index is 12.2. The Labute approximate surface area is 123 Å². The van der Waals surface area contributed by atoms with E-state index in [4.69, 9.17) is 14.6 Å². The van der Waals surface area contributed by atoms with Gasteiger partial charge in [0.05, 0.1) is 19.3 Å². The zero-order chi connectivity index (χ0) is 15.5. The molecule has 0 heterocycles. The molecule has 0 aromatic heterocycles. The Morgan fingerprint density at radius 3 is 2.43 bits per heavy atom. The second-order valence-corrected chi connectivity index (χ2v) is 5.37. The average molecular weight is 293 g/mol. The van der Waals surface area contributed by atoms with Crippen molar-refractivity contribution in [2.24, 2.45) is 5.41 Å². The third-order valence-corrected chi connectivity index (χ3v) is 3.68. The van der Waals surface area contributed by atoms with Crippen LogP contribution in [0.15, 0.2) is 18.2 Å². The van der Waals surface area contributed by atoms with Crippen LogP contribution in [0.1, 0.15) is 33.6 Å². The highest BCUT2D eigenvalue weighted by molar-refractivity contribution is 5.98. The second kappa shape index (κ2) is 6.13. The first-order valence-electron chi connectivity index (χ1n) is 6.69. The molecule has 0 bridgehead atoms. The predicted molar refractivity (Wildman–Crippen MR) is 75.8 cm³/mol. The first-order valence-corrected chi connectivity index (χ1v) is 6.69. The highest BCUT2D eigenvalue weighted by Gasteiger charge is 2.42. The van der Waals surface area contributed by atoms with Gasteiger partial charge in [-0.1, -0.05) is 0 Å². The lowest BCUT2D eigenvalue weighted by molar-refractivity contribution is 0.0696. The number of ether oxygens (including phenoxy) is 2. The molecule has 114 valence electrons. The zero-order valence-electron chi connectivity index (χ0n) is 12.1. The summed E-state index contributed by atoms with van der Waals surface area (Å²) < 4.78 is 10.2. The van der Waals surface area contributed by atoms with E-state index in [9.17, 15) is 9.59 Å². The Morgan fingerprint density at radius 2 is 1.90 bits per heavy atom. The van der Waals surface area contributed by atoms with Crippen molar-refractivity contribution in [1.82, 2.24) is 5.32 Å². The number of carbonyl (C=O) groups excluding carboxylic acids is 1. The summed E-state index contributed by atoms with van der Waals surface area (Å²) >= 11 is 0. The Hall–Kier alpha value is -2.08. The van der Waals surface area contributed by atoms with Crippen LogP contribution < -0.4 is 10.1 Å². The highest BCUT2D eigenvalue weighted by Crippen LogP contribution is 2.45. The number of nitrogens with one attached hydrogen (secondary N) is 1. The molecular formula is C15H19NO5. The molecule has 1 aliphatic carbocycles. The minimum absolute atomic E-state index is 0.0255. The average Bonchev–Trinajstić information content (AvgIpc) is 3.24. The van der Waals surface area contributed by atoms with Crippen LogP contribution >= 0.6 is 0 Å². The van der Waals surface area contributed by atoms with Crippen molar-refractivity contribution in [2.75, 3.05) is 27.4 Å². The number of carboxylic acid groups (broad SMARTS) is 1. The number of methoxy groups -OCH3 is 2. The van der Waals surface area contributed by atoms with E-state index in [2.05, 4.69) is 5.32 Å². The van der Waals surface area contributed by atoms with Gasteiger partial charge in [0.25, 0.3) is 5.91 Å². The molecule has 2 rings (SSSR count). The van der Waals surface area contributed by atoms with E-state index in [0.29, 0.717) is 18.9 Å². The van der Waals surface area contributed by atoms with Gasteiger partial charge in [-0.2, -0.15) is 0 Å². The molecule has 0 atom stereocenters. The normalized spacial score (nSPS) is 15.3. The number of carbonyl (C=O) groups is 2. The highest BCUT2D eigenvalue weighted by atomic mass is 16.5. The fourth-order valence-corrected chi connectivity index (χ4v) is 2.20. The number of benzene rings is 1. The summed E-state index contributed by atoms with van der Waals surface area (Å²) in [5.74, 6) is -1.06. The standard InChI is InChI=1S/C15H19NO5/c1-20-9-15(3-4-15)8-16-13(17)10-5-11(14(18)19)7-12(6-10)21-2/h5-7H,3-4,8-9H2,1-2H3,(H,16,17)(H,18,19). The van der Waals surface area contributed by atoms with E-state index in [1.54, 1.807) is 7.11 Å². The fourth-order valence-electron chi connectivity index (χ4n) is 2.20. The van der Waals surface area contributed by atoms with Gasteiger partial charge in [-0.15, -0.1) is 0 Å². The molecule has 1 aliphatic rings. The van der Waals surface area contributed by atoms with E-state index >= 15 is 0 Å². The van der Waals surface area contributed by atoms with Gasteiger partial charge in [0.15, 0.2) is 0 Å². The smallest absolute Gasteiger partial charge is 0.335 e. The molecule has 1 aromatic rings. The van der Waals surface area contributed by atoms with Gasteiger partial charge in [0.1, 0.15) is 5.75 Å². The van der Waals surface area contributed by atoms with Crippen molar-refractivity contribution in [3.05, 3.63) is 29.3 Å². The summed E-state index contributed by atoms with van der Waals surface area (Å²) in [7, 11) is 3.07. The molecule has 0 aliphatic heterocycles. The summed E-state index contributed by atoms with van der Waals surface area (Å²) in [5.41, 5.74) is 0.344. The molecule has 0 saturated heterocycles. The SMILES string of the molecule is COCC1(CNC(=O)c2cc(OC)cc(C(=O)O)c2)CC1. The predicted octanol–water partition coefficient (Wildman–Crippen LogP) is 1.55. The lowest BCUT2D eigenvalue weighted by Gasteiger charge is -2.15. The maximum Gasteiger partial charge on any atom is 0.335 e. The summed E-state index contributed by atoms with van der Waals surface area (Å²) in [5, 5.41) is 11.9. The first-order chi connectivity index (χ1) is 9.99. The van der Waals surface area contributed by atoms with Crippen LogP contribution in [-0.4, -0.2) is 44.4 Å². The molecule has 1 aromatic carbocycles. The maximum atomic E-state index is 12.2. The fraction of sp³-hybridized carbons (Fsp3) is 0.467. The van der Waals surface area contributed by atoms with Crippen LogP contribution in [0.4, 0.5) is 0 Å². The van der Waals surface area contributed by atoms with Crippen molar-refractivity contribution >= 4 is 11.9 Å². The van der Waals surface area contributed by atoms with Crippen molar-refractivity contribution < 1.29 is 24.2 Å². The molecule has 0 spiro atoms. The third kappa shape index (κ3) is 3.72. The first kappa shape index (κ1) is 15.3. The molecule has 0 radical (unpaired) electrons. The lowest BCUT2D eigenvalue weighted by Crippen LogP contribution is -2.32. The molecule has 2 N–H and O–H groups in total. The van der Waals surface area contributed by atoms with Crippen molar-refractivity contribution in [3.63, 3.8) is 0 Å². The van der Waals surface area contributed by atoms with E-state index < -0.39 is 5.97 Å². The minimum atomic E-state index is -1.10. The van der Waals surface area contributed by atoms with Gasteiger partial charge in [-0.25, -0.2) is 4.79 Å². The largest absolute Gasteiger partial charge is 0.497 e. The Bertz CT molecular complexity index is 551. The van der Waals surface area contributed by atoms with Crippen LogP contribution in [-0.2, 0) is 4.74 Å². The van der Waals surface area contributed by atoms with Gasteiger partial charge in [0, 0.05) is 24.6 Å². The number of hydrogen-bond acceptors (Lipinski definition) is 4. The van der Waals surface area contributed by atoms with Crippen LogP contribution in [0.5, 0.6) is 5.75 Å². The zero-order valence-corrected chi connectivity index (χ0v) is 12.1. The number of rotatable bonds is 7. The van der Waals surface area contributed by atoms with Crippen LogP contribution in [0, 0.1) is 5.41 Å². The Kier molecular flexibility index (Phi) is 4.47. The molecule has 21 heavy (non-hydrogen) atoms. The van der Waals surface area contributed by atoms with E-state index in [1.165, 1.54) is 25.3 Å². The molecule has 1 saturated carbocycles. The van der Waals surface area contributed by atoms with Gasteiger partial charge in [0.2, 0.25) is 0 Å². The van der Waals surface area contributed by atoms with Crippen LogP contribution in [0.3, 0.4) is 0 Å². The van der Waals surface area contributed by atoms with Gasteiger partial charge < -0.3 is 19.9 Å². The second-order valence-electron chi connectivity index (χ2n) is 5.37. The van der Waals surface area contributed by atoms with Crippen molar-refractivity contribution in [2.45, 2.75) is 12.8 Å². The molecule has 1 fully saturated rings. The molecular weight excluding hydrogens is 274 g/mol. The summed E-state index contributed by atoms with van der Waals surface area (Å²) in [6.07, 6.45) is 2.05. The number of aromatic carboxylic acids is 1. The van der Waals surface area contributed by atoms with E-state index in [0.717, 1.165) is 12.8 Å². The minimum Gasteiger partial charge on any atom is -0.497 e.